The molecule has 0 amide bonds. The number of allylic oxidation sites excluding steroid dienone is 4. The Labute approximate surface area is 310 Å². The van der Waals surface area contributed by atoms with Crippen LogP contribution in [0.1, 0.15) is 77.3 Å². The summed E-state index contributed by atoms with van der Waals surface area (Å²) in [6, 6.07) is 27.1. The summed E-state index contributed by atoms with van der Waals surface area (Å²) in [5.41, 5.74) is 12.3. The van der Waals surface area contributed by atoms with Crippen molar-refractivity contribution in [1.82, 2.24) is 4.90 Å². The van der Waals surface area contributed by atoms with Crippen LogP contribution in [-0.4, -0.2) is 54.9 Å². The summed E-state index contributed by atoms with van der Waals surface area (Å²) in [7, 11) is 6.50. The zero-order valence-corrected chi connectivity index (χ0v) is 32.1. The molecular formula is C45H53ClN3O2+. The number of benzene rings is 3. The lowest BCUT2D eigenvalue weighted by atomic mass is 9.80. The first kappa shape index (κ1) is 36.6. The lowest BCUT2D eigenvalue weighted by Gasteiger charge is -2.33. The smallest absolute Gasteiger partial charge is 0.311 e. The average molecular weight is 703 g/mol. The third-order valence-electron chi connectivity index (χ3n) is 11.1. The molecule has 0 bridgehead atoms. The molecule has 3 aromatic rings. The molecule has 5 nitrogen and oxygen atoms in total. The van der Waals surface area contributed by atoms with E-state index < -0.39 is 0 Å². The summed E-state index contributed by atoms with van der Waals surface area (Å²) in [4.78, 5) is 17.2. The number of hydrogen-bond acceptors (Lipinski definition) is 4. The van der Waals surface area contributed by atoms with Crippen LogP contribution in [0.3, 0.4) is 0 Å². The molecule has 0 fully saturated rings. The highest BCUT2D eigenvalue weighted by atomic mass is 35.5. The van der Waals surface area contributed by atoms with E-state index in [1.807, 2.05) is 30.3 Å². The van der Waals surface area contributed by atoms with Crippen LogP contribution in [0.15, 0.2) is 119 Å². The van der Waals surface area contributed by atoms with Gasteiger partial charge in [0.05, 0.1) is 11.1 Å². The van der Waals surface area contributed by atoms with Gasteiger partial charge in [0.1, 0.15) is 12.8 Å². The molecule has 2 atom stereocenters. The standard InChI is InChI=1S/C45H53ClN3O2/c1-44(2)36-20-13-15-22-38(36)48(7)40(44)27-25-32-30-34(47(5)6)31-33(43(32)46)26-28-41-45(3,4)37-21-14-16-23-39(37)49(41)29-17-9-12-24-42(50)51-35-18-10-8-11-19-35/h8,10-11,13-16,18-23,25-27,33-34H,9,12,17,24,29-31H2,1-7H3/q+1/b27-25+. The predicted octanol–water partition coefficient (Wildman–Crippen LogP) is 10.1. The number of hydrogen-bond donors (Lipinski definition) is 0. The van der Waals surface area contributed by atoms with Crippen molar-refractivity contribution in [2.24, 2.45) is 5.92 Å². The molecule has 0 N–H and O–H groups in total. The number of esters is 1. The van der Waals surface area contributed by atoms with Gasteiger partial charge in [0, 0.05) is 58.8 Å². The molecule has 51 heavy (non-hydrogen) atoms. The minimum absolute atomic E-state index is 0.0634. The van der Waals surface area contributed by atoms with Crippen LogP contribution in [0.25, 0.3) is 0 Å². The van der Waals surface area contributed by atoms with Gasteiger partial charge in [0.2, 0.25) is 5.69 Å². The molecule has 6 rings (SSSR count). The zero-order valence-electron chi connectivity index (χ0n) is 31.4. The fourth-order valence-corrected chi connectivity index (χ4v) is 8.41. The number of anilines is 1. The molecule has 2 aliphatic heterocycles. The van der Waals surface area contributed by atoms with Crippen molar-refractivity contribution in [3.63, 3.8) is 0 Å². The van der Waals surface area contributed by atoms with Gasteiger partial charge in [-0.15, -0.1) is 5.73 Å². The van der Waals surface area contributed by atoms with Crippen molar-refractivity contribution >= 4 is 34.7 Å². The number of fused-ring (bicyclic) bond motifs is 2. The van der Waals surface area contributed by atoms with Crippen molar-refractivity contribution in [2.75, 3.05) is 32.6 Å². The number of ether oxygens (including phenoxy) is 1. The number of carbonyl (C=O) groups excluding carboxylic acids is 1. The van der Waals surface area contributed by atoms with Gasteiger partial charge in [0.25, 0.3) is 0 Å². The Balaban J connectivity index is 1.23. The second-order valence-electron chi connectivity index (χ2n) is 15.5. The van der Waals surface area contributed by atoms with E-state index in [0.29, 0.717) is 18.2 Å². The van der Waals surface area contributed by atoms with E-state index in [9.17, 15) is 4.79 Å². The summed E-state index contributed by atoms with van der Waals surface area (Å²) in [5, 5.41) is 0.913. The van der Waals surface area contributed by atoms with Crippen molar-refractivity contribution in [1.29, 1.82) is 0 Å². The monoisotopic (exact) mass is 702 g/mol. The van der Waals surface area contributed by atoms with Crippen LogP contribution >= 0.6 is 11.6 Å². The number of carbonyl (C=O) groups is 1. The van der Waals surface area contributed by atoms with Gasteiger partial charge in [-0.1, -0.05) is 78.7 Å². The molecule has 0 saturated carbocycles. The Hall–Kier alpha value is -4.15. The highest BCUT2D eigenvalue weighted by Gasteiger charge is 2.43. The molecule has 0 aromatic heterocycles. The zero-order chi connectivity index (χ0) is 36.3. The van der Waals surface area contributed by atoms with Gasteiger partial charge < -0.3 is 14.5 Å². The molecule has 2 heterocycles. The summed E-state index contributed by atoms with van der Waals surface area (Å²) in [5.74, 6) is 0.485. The van der Waals surface area contributed by atoms with Crippen LogP contribution in [0.5, 0.6) is 5.75 Å². The van der Waals surface area contributed by atoms with Gasteiger partial charge in [-0.2, -0.15) is 4.58 Å². The van der Waals surface area contributed by atoms with E-state index in [0.717, 1.165) is 43.7 Å². The van der Waals surface area contributed by atoms with Crippen LogP contribution in [0.4, 0.5) is 11.4 Å². The maximum atomic E-state index is 12.4. The molecule has 6 heteroatoms. The van der Waals surface area contributed by atoms with Crippen LogP contribution < -0.4 is 9.64 Å². The molecular weight excluding hydrogens is 650 g/mol. The molecule has 3 aromatic carbocycles. The van der Waals surface area contributed by atoms with E-state index in [1.54, 1.807) is 0 Å². The van der Waals surface area contributed by atoms with Crippen LogP contribution in [-0.2, 0) is 15.6 Å². The molecule has 3 aliphatic rings. The van der Waals surface area contributed by atoms with Gasteiger partial charge >= 0.3 is 5.97 Å². The summed E-state index contributed by atoms with van der Waals surface area (Å²) in [6.07, 6.45) is 11.8. The quantitative estimate of drug-likeness (QED) is 0.0655. The lowest BCUT2D eigenvalue weighted by Crippen LogP contribution is -2.33. The van der Waals surface area contributed by atoms with E-state index in [1.165, 1.54) is 39.5 Å². The van der Waals surface area contributed by atoms with E-state index in [4.69, 9.17) is 16.3 Å². The molecule has 0 radical (unpaired) electrons. The van der Waals surface area contributed by atoms with Crippen molar-refractivity contribution in [2.45, 2.75) is 83.1 Å². The molecule has 2 unspecified atom stereocenters. The first-order valence-electron chi connectivity index (χ1n) is 18.4. The highest BCUT2D eigenvalue weighted by molar-refractivity contribution is 6.30. The summed E-state index contributed by atoms with van der Waals surface area (Å²) >= 11 is 7.33. The van der Waals surface area contributed by atoms with E-state index >= 15 is 0 Å². The Morgan fingerprint density at radius 1 is 0.922 bits per heavy atom. The predicted molar refractivity (Wildman–Crippen MR) is 211 cm³/mol. The first-order chi connectivity index (χ1) is 24.4. The molecule has 1 aliphatic carbocycles. The normalized spacial score (nSPS) is 20.6. The summed E-state index contributed by atoms with van der Waals surface area (Å²) in [6.45, 7) is 10.1. The van der Waals surface area contributed by atoms with E-state index in [2.05, 4.69) is 136 Å². The van der Waals surface area contributed by atoms with Gasteiger partial charge in [-0.25, -0.2) is 0 Å². The van der Waals surface area contributed by atoms with Gasteiger partial charge in [0.15, 0.2) is 5.71 Å². The molecule has 0 saturated heterocycles. The largest absolute Gasteiger partial charge is 0.427 e. The van der Waals surface area contributed by atoms with E-state index in [-0.39, 0.29) is 22.7 Å². The number of rotatable bonds is 11. The second kappa shape index (κ2) is 15.2. The SMILES string of the molecule is CN(C)C1CC(/C=C/C2=[N+](C)c3ccccc3C2(C)C)=C(Cl)C(C=C=C2N(CCCCCC(=O)Oc3ccccc3)c3ccccc3C2(C)C)C1. The average Bonchev–Trinajstić information content (AvgIpc) is 3.45. The number of para-hydroxylation sites is 3. The first-order valence-corrected chi connectivity index (χ1v) is 18.8. The lowest BCUT2D eigenvalue weighted by molar-refractivity contribution is -0.401. The van der Waals surface area contributed by atoms with Gasteiger partial charge in [-0.3, -0.25) is 4.79 Å². The number of halogens is 1. The molecule has 266 valence electrons. The minimum Gasteiger partial charge on any atom is -0.427 e. The third kappa shape index (κ3) is 7.58. The van der Waals surface area contributed by atoms with Gasteiger partial charge in [-0.05, 0) is 103 Å². The number of unbranched alkanes of at least 4 members (excludes halogenated alkanes) is 2. The Morgan fingerprint density at radius 2 is 1.61 bits per heavy atom. The maximum absolute atomic E-state index is 12.4. The van der Waals surface area contributed by atoms with Crippen molar-refractivity contribution in [3.05, 3.63) is 130 Å². The third-order valence-corrected chi connectivity index (χ3v) is 11.6. The fourth-order valence-electron chi connectivity index (χ4n) is 8.11. The number of nitrogens with zero attached hydrogens (tertiary/aromatic N) is 3. The summed E-state index contributed by atoms with van der Waals surface area (Å²) < 4.78 is 7.81. The second-order valence-corrected chi connectivity index (χ2v) is 15.9. The highest BCUT2D eigenvalue weighted by Crippen LogP contribution is 2.48. The van der Waals surface area contributed by atoms with Crippen molar-refractivity contribution < 1.29 is 14.1 Å². The minimum atomic E-state index is -0.203. The van der Waals surface area contributed by atoms with Crippen molar-refractivity contribution in [3.8, 4) is 5.75 Å². The Kier molecular flexibility index (Phi) is 10.9. The maximum Gasteiger partial charge on any atom is 0.311 e. The van der Waals surface area contributed by atoms with Crippen LogP contribution in [0.2, 0.25) is 0 Å². The topological polar surface area (TPSA) is 35.8 Å². The fraction of sp³-hybridized carbons (Fsp3) is 0.400. The Bertz CT molecular complexity index is 1930. The molecule has 0 spiro atoms. The van der Waals surface area contributed by atoms with Crippen LogP contribution in [0, 0.1) is 5.92 Å². The Morgan fingerprint density at radius 3 is 2.33 bits per heavy atom.